The molecule has 2 aromatic rings. The van der Waals surface area contributed by atoms with Crippen LogP contribution in [0, 0.1) is 5.92 Å². The Kier molecular flexibility index (Phi) is 6.94. The number of rotatable bonds is 7. The fourth-order valence-electron chi connectivity index (χ4n) is 2.43. The van der Waals surface area contributed by atoms with E-state index in [1.807, 2.05) is 12.1 Å². The molecule has 1 saturated heterocycles. The second-order valence-electron chi connectivity index (χ2n) is 6.55. The van der Waals surface area contributed by atoms with Crippen molar-refractivity contribution in [3.63, 3.8) is 0 Å². The van der Waals surface area contributed by atoms with Crippen molar-refractivity contribution in [3.05, 3.63) is 51.1 Å². The monoisotopic (exact) mass is 448 g/mol. The smallest absolute Gasteiger partial charge is 0.285 e. The summed E-state index contributed by atoms with van der Waals surface area (Å²) < 4.78 is 11.4. The molecule has 1 aliphatic heterocycles. The average Bonchev–Trinajstić information content (AvgIpc) is 3.31. The molecular weight excluding hydrogens is 428 g/mol. The van der Waals surface area contributed by atoms with Crippen molar-refractivity contribution in [2.45, 2.75) is 13.8 Å². The number of hydrogen-bond acceptors (Lipinski definition) is 7. The van der Waals surface area contributed by atoms with Gasteiger partial charge in [-0.05, 0) is 53.4 Å². The minimum atomic E-state index is -0.371. The van der Waals surface area contributed by atoms with Gasteiger partial charge in [-0.15, -0.1) is 11.3 Å². The molecule has 0 aliphatic carbocycles. The molecule has 1 fully saturated rings. The molecule has 0 unspecified atom stereocenters. The van der Waals surface area contributed by atoms with Gasteiger partial charge in [0.25, 0.3) is 11.8 Å². The highest BCUT2D eigenvalue weighted by Gasteiger charge is 2.34. The summed E-state index contributed by atoms with van der Waals surface area (Å²) in [6.07, 6.45) is 1.71. The van der Waals surface area contributed by atoms with Gasteiger partial charge >= 0.3 is 0 Å². The minimum absolute atomic E-state index is 0.273. The van der Waals surface area contributed by atoms with Gasteiger partial charge < -0.3 is 9.47 Å². The lowest BCUT2D eigenvalue weighted by atomic mass is 10.2. The van der Waals surface area contributed by atoms with E-state index in [-0.39, 0.29) is 16.1 Å². The lowest BCUT2D eigenvalue weighted by Crippen LogP contribution is -2.44. The highest BCUT2D eigenvalue weighted by Crippen LogP contribution is 2.34. The minimum Gasteiger partial charge on any atom is -0.493 e. The number of thiophene rings is 1. The van der Waals surface area contributed by atoms with E-state index in [1.54, 1.807) is 36.8 Å². The van der Waals surface area contributed by atoms with E-state index in [1.165, 1.54) is 11.3 Å². The van der Waals surface area contributed by atoms with Gasteiger partial charge in [-0.25, -0.2) is 0 Å². The summed E-state index contributed by atoms with van der Waals surface area (Å²) in [5.74, 6) is 0.885. The van der Waals surface area contributed by atoms with Crippen molar-refractivity contribution >= 4 is 57.5 Å². The predicted molar refractivity (Wildman–Crippen MR) is 120 cm³/mol. The Morgan fingerprint density at radius 1 is 1.31 bits per heavy atom. The summed E-state index contributed by atoms with van der Waals surface area (Å²) in [7, 11) is 1.57. The second kappa shape index (κ2) is 9.43. The maximum absolute atomic E-state index is 12.7. The molecule has 0 atom stereocenters. The number of hydrogen-bond donors (Lipinski definition) is 1. The molecule has 3 rings (SSSR count). The number of carbonyl (C=O) groups excluding carboxylic acids is 2. The van der Waals surface area contributed by atoms with Gasteiger partial charge in [-0.2, -0.15) is 5.01 Å². The molecule has 29 heavy (non-hydrogen) atoms. The molecule has 0 spiro atoms. The van der Waals surface area contributed by atoms with Crippen LogP contribution in [0.1, 0.15) is 29.1 Å². The summed E-state index contributed by atoms with van der Waals surface area (Å²) in [4.78, 5) is 25.9. The number of amides is 2. The van der Waals surface area contributed by atoms with Gasteiger partial charge in [0.2, 0.25) is 0 Å². The molecule has 1 N–H and O–H groups in total. The van der Waals surface area contributed by atoms with E-state index in [4.69, 9.17) is 21.7 Å². The summed E-state index contributed by atoms with van der Waals surface area (Å²) in [5.41, 5.74) is 3.33. The zero-order chi connectivity index (χ0) is 21.0. The van der Waals surface area contributed by atoms with Crippen LogP contribution in [0.15, 0.2) is 40.6 Å². The third-order valence-electron chi connectivity index (χ3n) is 3.81. The molecule has 0 radical (unpaired) electrons. The molecule has 6 nitrogen and oxygen atoms in total. The van der Waals surface area contributed by atoms with Crippen LogP contribution in [0.2, 0.25) is 0 Å². The number of nitrogens with one attached hydrogen (secondary N) is 1. The lowest BCUT2D eigenvalue weighted by Gasteiger charge is -2.14. The van der Waals surface area contributed by atoms with E-state index in [9.17, 15) is 9.59 Å². The molecule has 152 valence electrons. The van der Waals surface area contributed by atoms with Gasteiger partial charge in [-0.1, -0.05) is 37.7 Å². The van der Waals surface area contributed by atoms with Crippen molar-refractivity contribution in [1.82, 2.24) is 10.4 Å². The quantitative estimate of drug-likeness (QED) is 0.502. The predicted octanol–water partition coefficient (Wildman–Crippen LogP) is 4.34. The first-order valence-corrected chi connectivity index (χ1v) is 10.9. The summed E-state index contributed by atoms with van der Waals surface area (Å²) in [6.45, 7) is 4.72. The lowest BCUT2D eigenvalue weighted by molar-refractivity contribution is -0.123. The molecule has 1 aliphatic rings. The van der Waals surface area contributed by atoms with E-state index in [2.05, 4.69) is 19.3 Å². The number of ether oxygens (including phenoxy) is 2. The van der Waals surface area contributed by atoms with Gasteiger partial charge in [0.15, 0.2) is 15.8 Å². The highest BCUT2D eigenvalue weighted by molar-refractivity contribution is 8.26. The molecule has 0 saturated carbocycles. The first-order valence-electron chi connectivity index (χ1n) is 8.82. The van der Waals surface area contributed by atoms with E-state index in [0.717, 1.165) is 22.3 Å². The molecule has 1 aromatic carbocycles. The van der Waals surface area contributed by atoms with Crippen LogP contribution in [-0.2, 0) is 4.79 Å². The van der Waals surface area contributed by atoms with Crippen molar-refractivity contribution in [3.8, 4) is 11.5 Å². The zero-order valence-electron chi connectivity index (χ0n) is 16.1. The number of thioether (sulfide) groups is 1. The Bertz CT molecular complexity index is 955. The number of hydrazine groups is 1. The van der Waals surface area contributed by atoms with E-state index < -0.39 is 0 Å². The Labute approximate surface area is 182 Å². The molecule has 0 bridgehead atoms. The van der Waals surface area contributed by atoms with Crippen LogP contribution < -0.4 is 14.9 Å². The molecule has 1 aromatic heterocycles. The van der Waals surface area contributed by atoms with Crippen LogP contribution in [0.4, 0.5) is 0 Å². The summed E-state index contributed by atoms with van der Waals surface area (Å²) in [6, 6.07) is 8.90. The maximum Gasteiger partial charge on any atom is 0.285 e. The number of benzene rings is 1. The third kappa shape index (κ3) is 5.17. The Morgan fingerprint density at radius 3 is 2.76 bits per heavy atom. The van der Waals surface area contributed by atoms with E-state index in [0.29, 0.717) is 33.8 Å². The molecule has 2 amide bonds. The van der Waals surface area contributed by atoms with Crippen LogP contribution in [0.3, 0.4) is 0 Å². The SMILES string of the molecule is COc1cc(/C=C2/SC(=S)N(NC(=O)c3cccs3)C2=O)ccc1OCC(C)C. The van der Waals surface area contributed by atoms with Gasteiger partial charge in [0, 0.05) is 0 Å². The van der Waals surface area contributed by atoms with Crippen LogP contribution in [0.25, 0.3) is 6.08 Å². The van der Waals surface area contributed by atoms with Crippen LogP contribution >= 0.6 is 35.3 Å². The fraction of sp³-hybridized carbons (Fsp3) is 0.250. The van der Waals surface area contributed by atoms with Gasteiger partial charge in [-0.3, -0.25) is 15.0 Å². The molecule has 9 heteroatoms. The Hall–Kier alpha value is -2.36. The maximum atomic E-state index is 12.7. The largest absolute Gasteiger partial charge is 0.493 e. The summed E-state index contributed by atoms with van der Waals surface area (Å²) >= 11 is 7.68. The second-order valence-corrected chi connectivity index (χ2v) is 9.17. The first kappa shape index (κ1) is 21.4. The molecular formula is C20H20N2O4S3. The van der Waals surface area contributed by atoms with Crippen LogP contribution in [0.5, 0.6) is 11.5 Å². The van der Waals surface area contributed by atoms with Crippen LogP contribution in [-0.4, -0.2) is 34.9 Å². The zero-order valence-corrected chi connectivity index (χ0v) is 18.6. The van der Waals surface area contributed by atoms with Gasteiger partial charge in [0.1, 0.15) is 0 Å². The Balaban J connectivity index is 1.75. The van der Waals surface area contributed by atoms with Crippen molar-refractivity contribution in [1.29, 1.82) is 0 Å². The topological polar surface area (TPSA) is 67.9 Å². The number of carbonyl (C=O) groups is 2. The summed E-state index contributed by atoms with van der Waals surface area (Å²) in [5, 5.41) is 2.90. The third-order valence-corrected chi connectivity index (χ3v) is 5.98. The highest BCUT2D eigenvalue weighted by atomic mass is 32.2. The van der Waals surface area contributed by atoms with Crippen molar-refractivity contribution in [2.24, 2.45) is 5.92 Å². The Morgan fingerprint density at radius 2 is 2.10 bits per heavy atom. The fourth-order valence-corrected chi connectivity index (χ4v) is 4.22. The number of thiocarbonyl (C=S) groups is 1. The number of nitrogens with zero attached hydrogens (tertiary/aromatic N) is 1. The average molecular weight is 449 g/mol. The first-order chi connectivity index (χ1) is 13.9. The normalized spacial score (nSPS) is 15.3. The van der Waals surface area contributed by atoms with Gasteiger partial charge in [0.05, 0.1) is 23.5 Å². The standard InChI is InChI=1S/C20H20N2O4S3/c1-12(2)11-26-14-7-6-13(9-15(14)25-3)10-17-19(24)22(20(27)29-17)21-18(23)16-5-4-8-28-16/h4-10,12H,11H2,1-3H3,(H,21,23)/b17-10+. The van der Waals surface area contributed by atoms with Crippen molar-refractivity contribution in [2.75, 3.05) is 13.7 Å². The molecule has 2 heterocycles. The number of methoxy groups -OCH3 is 1. The van der Waals surface area contributed by atoms with E-state index >= 15 is 0 Å². The van der Waals surface area contributed by atoms with Crippen molar-refractivity contribution < 1.29 is 19.1 Å².